The smallest absolute Gasteiger partial charge is 0.264 e. The minimum Gasteiger partial charge on any atom is -0.390 e. The van der Waals surface area contributed by atoms with E-state index >= 15 is 0 Å². The number of rotatable bonds is 7. The van der Waals surface area contributed by atoms with Gasteiger partial charge < -0.3 is 10.0 Å². The highest BCUT2D eigenvalue weighted by Gasteiger charge is 2.28. The second kappa shape index (κ2) is 9.16. The van der Waals surface area contributed by atoms with E-state index in [2.05, 4.69) is 4.90 Å². The standard InChI is InChI=1S/C24H28N2O3S/c27-23(18-25-15-7-2-8-16-25)19-26(22-11-3-1-4-12-22)30(28,29)24-14-13-20-9-5-6-10-21(20)17-24/h1,3-6,9-14,17,23,27H,2,7-8,15-16,18-19H2/t23-/m1/s1. The summed E-state index contributed by atoms with van der Waals surface area (Å²) in [7, 11) is -3.83. The first-order chi connectivity index (χ1) is 14.5. The summed E-state index contributed by atoms with van der Waals surface area (Å²) in [6.45, 7) is 2.42. The van der Waals surface area contributed by atoms with Gasteiger partial charge in [-0.05, 0) is 61.0 Å². The fourth-order valence-electron chi connectivity index (χ4n) is 4.08. The molecule has 0 spiro atoms. The molecule has 1 fully saturated rings. The first kappa shape index (κ1) is 20.8. The van der Waals surface area contributed by atoms with Crippen molar-refractivity contribution >= 4 is 26.5 Å². The maximum Gasteiger partial charge on any atom is 0.264 e. The molecule has 3 aromatic carbocycles. The Morgan fingerprint density at radius 2 is 1.53 bits per heavy atom. The molecular weight excluding hydrogens is 396 g/mol. The Morgan fingerprint density at radius 3 is 2.27 bits per heavy atom. The Hall–Kier alpha value is -2.41. The molecule has 0 amide bonds. The number of sulfonamides is 1. The number of para-hydroxylation sites is 1. The van der Waals surface area contributed by atoms with Gasteiger partial charge in [0.1, 0.15) is 0 Å². The minimum atomic E-state index is -3.83. The number of piperidine rings is 1. The monoisotopic (exact) mass is 424 g/mol. The summed E-state index contributed by atoms with van der Waals surface area (Å²) in [5.74, 6) is 0. The van der Waals surface area contributed by atoms with Crippen LogP contribution in [0.2, 0.25) is 0 Å². The Kier molecular flexibility index (Phi) is 6.37. The summed E-state index contributed by atoms with van der Waals surface area (Å²) in [6.07, 6.45) is 2.72. The summed E-state index contributed by atoms with van der Waals surface area (Å²) in [6, 6.07) is 21.9. The van der Waals surface area contributed by atoms with Crippen molar-refractivity contribution in [2.45, 2.75) is 30.3 Å². The van der Waals surface area contributed by atoms with Crippen molar-refractivity contribution in [3.63, 3.8) is 0 Å². The number of anilines is 1. The molecule has 0 aromatic heterocycles. The number of likely N-dealkylation sites (tertiary alicyclic amines) is 1. The van der Waals surface area contributed by atoms with Crippen molar-refractivity contribution in [1.29, 1.82) is 0 Å². The first-order valence-corrected chi connectivity index (χ1v) is 11.9. The largest absolute Gasteiger partial charge is 0.390 e. The number of hydrogen-bond donors (Lipinski definition) is 1. The van der Waals surface area contributed by atoms with Gasteiger partial charge in [-0.3, -0.25) is 4.31 Å². The van der Waals surface area contributed by atoms with E-state index in [0.29, 0.717) is 12.2 Å². The highest BCUT2D eigenvalue weighted by atomic mass is 32.2. The molecule has 0 bridgehead atoms. The molecule has 1 aliphatic rings. The van der Waals surface area contributed by atoms with E-state index in [4.69, 9.17) is 0 Å². The Balaban J connectivity index is 1.64. The maximum atomic E-state index is 13.6. The number of β-amino-alcohol motifs (C(OH)–C–C–N with tert-alkyl or cyclic N) is 1. The number of fused-ring (bicyclic) bond motifs is 1. The van der Waals surface area contributed by atoms with Gasteiger partial charge in [-0.1, -0.05) is 55.0 Å². The van der Waals surface area contributed by atoms with E-state index in [9.17, 15) is 13.5 Å². The molecule has 5 nitrogen and oxygen atoms in total. The molecule has 30 heavy (non-hydrogen) atoms. The minimum absolute atomic E-state index is 0.0235. The van der Waals surface area contributed by atoms with Crippen molar-refractivity contribution in [3.8, 4) is 0 Å². The number of aliphatic hydroxyl groups is 1. The highest BCUT2D eigenvalue weighted by molar-refractivity contribution is 7.92. The Labute approximate surface area is 178 Å². The van der Waals surface area contributed by atoms with Crippen molar-refractivity contribution in [2.75, 3.05) is 30.5 Å². The first-order valence-electron chi connectivity index (χ1n) is 10.5. The van der Waals surface area contributed by atoms with Crippen LogP contribution in [0, 0.1) is 0 Å². The summed E-state index contributed by atoms with van der Waals surface area (Å²) in [5, 5.41) is 12.6. The highest BCUT2D eigenvalue weighted by Crippen LogP contribution is 2.26. The summed E-state index contributed by atoms with van der Waals surface area (Å²) < 4.78 is 28.5. The summed E-state index contributed by atoms with van der Waals surface area (Å²) >= 11 is 0. The fourth-order valence-corrected chi connectivity index (χ4v) is 5.62. The lowest BCUT2D eigenvalue weighted by Gasteiger charge is -2.31. The Morgan fingerprint density at radius 1 is 0.867 bits per heavy atom. The topological polar surface area (TPSA) is 60.9 Å². The number of nitrogens with zero attached hydrogens (tertiary/aromatic N) is 2. The van der Waals surface area contributed by atoms with Gasteiger partial charge in [0.05, 0.1) is 23.2 Å². The zero-order chi connectivity index (χ0) is 21.0. The van der Waals surface area contributed by atoms with E-state index in [1.165, 1.54) is 10.7 Å². The SMILES string of the molecule is O=S(=O)(c1ccc2ccccc2c1)N(C[C@H](O)CN1CCCCC1)c1ccccc1. The fraction of sp³-hybridized carbons (Fsp3) is 0.333. The molecule has 6 heteroatoms. The van der Waals surface area contributed by atoms with Gasteiger partial charge in [0.15, 0.2) is 0 Å². The Bertz CT molecular complexity index is 1080. The lowest BCUT2D eigenvalue weighted by atomic mass is 10.1. The lowest BCUT2D eigenvalue weighted by Crippen LogP contribution is -2.44. The van der Waals surface area contributed by atoms with Crippen LogP contribution in [0.4, 0.5) is 5.69 Å². The predicted molar refractivity (Wildman–Crippen MR) is 121 cm³/mol. The molecule has 1 aliphatic heterocycles. The third-order valence-electron chi connectivity index (χ3n) is 5.65. The third-order valence-corrected chi connectivity index (χ3v) is 7.44. The number of benzene rings is 3. The lowest BCUT2D eigenvalue weighted by molar-refractivity contribution is 0.107. The van der Waals surface area contributed by atoms with Crippen molar-refractivity contribution in [1.82, 2.24) is 4.90 Å². The normalized spacial score (nSPS) is 16.4. The average molecular weight is 425 g/mol. The van der Waals surface area contributed by atoms with Crippen LogP contribution in [0.3, 0.4) is 0 Å². The second-order valence-corrected chi connectivity index (χ2v) is 9.76. The van der Waals surface area contributed by atoms with Crippen LogP contribution in [-0.4, -0.2) is 50.7 Å². The predicted octanol–water partition coefficient (Wildman–Crippen LogP) is 3.88. The molecule has 0 radical (unpaired) electrons. The number of aliphatic hydroxyl groups excluding tert-OH is 1. The maximum absolute atomic E-state index is 13.6. The quantitative estimate of drug-likeness (QED) is 0.625. The average Bonchev–Trinajstić information content (AvgIpc) is 2.78. The number of hydrogen-bond acceptors (Lipinski definition) is 4. The van der Waals surface area contributed by atoms with E-state index in [0.717, 1.165) is 36.7 Å². The molecule has 0 unspecified atom stereocenters. The van der Waals surface area contributed by atoms with Crippen molar-refractivity contribution in [2.24, 2.45) is 0 Å². The van der Waals surface area contributed by atoms with Gasteiger partial charge >= 0.3 is 0 Å². The van der Waals surface area contributed by atoms with E-state index < -0.39 is 16.1 Å². The van der Waals surface area contributed by atoms with Crippen LogP contribution >= 0.6 is 0 Å². The van der Waals surface area contributed by atoms with Gasteiger partial charge in [0.25, 0.3) is 10.0 Å². The van der Waals surface area contributed by atoms with Gasteiger partial charge in [-0.25, -0.2) is 8.42 Å². The van der Waals surface area contributed by atoms with Gasteiger partial charge in [-0.2, -0.15) is 0 Å². The van der Waals surface area contributed by atoms with Crippen molar-refractivity contribution < 1.29 is 13.5 Å². The van der Waals surface area contributed by atoms with Crippen LogP contribution in [-0.2, 0) is 10.0 Å². The van der Waals surface area contributed by atoms with E-state index in [1.807, 2.05) is 48.5 Å². The molecule has 3 aromatic rings. The molecule has 1 atom stereocenters. The van der Waals surface area contributed by atoms with E-state index in [-0.39, 0.29) is 11.4 Å². The molecule has 1 heterocycles. The second-order valence-electron chi connectivity index (χ2n) is 7.90. The van der Waals surface area contributed by atoms with Gasteiger partial charge in [0, 0.05) is 6.54 Å². The molecule has 1 saturated heterocycles. The van der Waals surface area contributed by atoms with Crippen LogP contribution in [0.5, 0.6) is 0 Å². The van der Waals surface area contributed by atoms with Crippen LogP contribution in [0.25, 0.3) is 10.8 Å². The zero-order valence-corrected chi connectivity index (χ0v) is 17.8. The van der Waals surface area contributed by atoms with Crippen LogP contribution in [0.1, 0.15) is 19.3 Å². The zero-order valence-electron chi connectivity index (χ0n) is 17.0. The van der Waals surface area contributed by atoms with Crippen LogP contribution < -0.4 is 4.31 Å². The molecular formula is C24H28N2O3S. The molecule has 4 rings (SSSR count). The van der Waals surface area contributed by atoms with Gasteiger partial charge in [0.2, 0.25) is 0 Å². The summed E-state index contributed by atoms with van der Waals surface area (Å²) in [5.41, 5.74) is 0.559. The molecule has 0 saturated carbocycles. The van der Waals surface area contributed by atoms with Gasteiger partial charge in [-0.15, -0.1) is 0 Å². The van der Waals surface area contributed by atoms with Crippen LogP contribution in [0.15, 0.2) is 77.7 Å². The third kappa shape index (κ3) is 4.67. The van der Waals surface area contributed by atoms with Crippen molar-refractivity contribution in [3.05, 3.63) is 72.8 Å². The van der Waals surface area contributed by atoms with E-state index in [1.54, 1.807) is 24.3 Å². The molecule has 1 N–H and O–H groups in total. The summed E-state index contributed by atoms with van der Waals surface area (Å²) in [4.78, 5) is 2.45. The molecule has 158 valence electrons. The molecule has 0 aliphatic carbocycles.